The van der Waals surface area contributed by atoms with Crippen molar-refractivity contribution < 1.29 is 19.0 Å². The maximum atomic E-state index is 10.8. The fourth-order valence-corrected chi connectivity index (χ4v) is 0.998. The minimum Gasteiger partial charge on any atom is -0.468 e. The molecule has 70 valence electrons. The normalized spacial score (nSPS) is 20.8. The van der Waals surface area contributed by atoms with Crippen molar-refractivity contribution in [2.45, 2.75) is 18.8 Å². The third kappa shape index (κ3) is 2.44. The molecule has 2 N–H and O–H groups in total. The van der Waals surface area contributed by atoms with Crippen LogP contribution in [0.5, 0.6) is 0 Å². The number of carbonyl (C=O) groups is 1. The molecule has 0 aromatic rings. The van der Waals surface area contributed by atoms with Crippen molar-refractivity contribution in [1.82, 2.24) is 0 Å². The van der Waals surface area contributed by atoms with Gasteiger partial charge in [0.25, 0.3) is 0 Å². The first-order valence-electron chi connectivity index (χ1n) is 3.80. The minimum absolute atomic E-state index is 0.348. The van der Waals surface area contributed by atoms with E-state index in [1.807, 2.05) is 0 Å². The summed E-state index contributed by atoms with van der Waals surface area (Å²) in [6, 6.07) is -0.655. The van der Waals surface area contributed by atoms with Gasteiger partial charge in [0.1, 0.15) is 6.04 Å². The predicted octanol–water partition coefficient (Wildman–Crippen LogP) is -0.750. The van der Waals surface area contributed by atoms with E-state index < -0.39 is 12.0 Å². The lowest BCUT2D eigenvalue weighted by atomic mass is 10.2. The molecule has 0 saturated carbocycles. The van der Waals surface area contributed by atoms with Gasteiger partial charge in [0.05, 0.1) is 20.3 Å². The van der Waals surface area contributed by atoms with Gasteiger partial charge < -0.3 is 19.9 Å². The summed E-state index contributed by atoms with van der Waals surface area (Å²) in [5, 5.41) is 0. The molecule has 0 amide bonds. The first-order chi connectivity index (χ1) is 5.74. The fraction of sp³-hybridized carbons (Fsp3) is 0.857. The van der Waals surface area contributed by atoms with E-state index in [-0.39, 0.29) is 6.29 Å². The highest BCUT2D eigenvalue weighted by atomic mass is 16.7. The third-order valence-corrected chi connectivity index (χ3v) is 1.64. The molecule has 1 atom stereocenters. The van der Waals surface area contributed by atoms with E-state index in [0.29, 0.717) is 19.6 Å². The van der Waals surface area contributed by atoms with Crippen LogP contribution >= 0.6 is 0 Å². The lowest BCUT2D eigenvalue weighted by Gasteiger charge is -2.12. The van der Waals surface area contributed by atoms with E-state index in [1.165, 1.54) is 7.11 Å². The summed E-state index contributed by atoms with van der Waals surface area (Å²) in [6.45, 7) is 1.14. The molecular formula is C7H13NO4. The van der Waals surface area contributed by atoms with Crippen LogP contribution in [0.15, 0.2) is 0 Å². The summed E-state index contributed by atoms with van der Waals surface area (Å²) in [5.41, 5.74) is 5.47. The van der Waals surface area contributed by atoms with E-state index in [4.69, 9.17) is 15.2 Å². The molecule has 0 radical (unpaired) electrons. The molecule has 0 aliphatic carbocycles. The van der Waals surface area contributed by atoms with Crippen LogP contribution in [0.25, 0.3) is 0 Å². The topological polar surface area (TPSA) is 70.8 Å². The van der Waals surface area contributed by atoms with Gasteiger partial charge in [-0.15, -0.1) is 0 Å². The monoisotopic (exact) mass is 175 g/mol. The van der Waals surface area contributed by atoms with Crippen molar-refractivity contribution in [2.24, 2.45) is 5.73 Å². The van der Waals surface area contributed by atoms with Gasteiger partial charge >= 0.3 is 5.97 Å². The second kappa shape index (κ2) is 4.39. The van der Waals surface area contributed by atoms with E-state index in [1.54, 1.807) is 0 Å². The lowest BCUT2D eigenvalue weighted by Crippen LogP contribution is -2.35. The molecule has 1 saturated heterocycles. The second-order valence-electron chi connectivity index (χ2n) is 2.54. The smallest absolute Gasteiger partial charge is 0.322 e. The van der Waals surface area contributed by atoms with Crippen molar-refractivity contribution in [1.29, 1.82) is 0 Å². The Balaban J connectivity index is 2.24. The lowest BCUT2D eigenvalue weighted by molar-refractivity contribution is -0.145. The summed E-state index contributed by atoms with van der Waals surface area (Å²) in [4.78, 5) is 10.8. The quantitative estimate of drug-likeness (QED) is 0.571. The number of carbonyl (C=O) groups excluding carboxylic acids is 1. The molecule has 0 aromatic carbocycles. The van der Waals surface area contributed by atoms with Gasteiger partial charge in [-0.2, -0.15) is 0 Å². The number of methoxy groups -OCH3 is 1. The molecule has 5 heteroatoms. The van der Waals surface area contributed by atoms with Crippen molar-refractivity contribution >= 4 is 5.97 Å². The Morgan fingerprint density at radius 3 is 2.75 bits per heavy atom. The van der Waals surface area contributed by atoms with Gasteiger partial charge in [0.15, 0.2) is 6.29 Å². The van der Waals surface area contributed by atoms with E-state index >= 15 is 0 Å². The van der Waals surface area contributed by atoms with E-state index in [2.05, 4.69) is 4.74 Å². The van der Waals surface area contributed by atoms with Crippen LogP contribution in [-0.2, 0) is 19.0 Å². The standard InChI is InChI=1S/C7H13NO4/c1-10-7(9)5(8)4-6-11-2-3-12-6/h5-6H,2-4,8H2,1H3/t5-/m1/s1. The zero-order chi connectivity index (χ0) is 8.97. The van der Waals surface area contributed by atoms with Crippen LogP contribution < -0.4 is 5.73 Å². The molecule has 0 aromatic heterocycles. The van der Waals surface area contributed by atoms with Gasteiger partial charge in [0.2, 0.25) is 0 Å². The molecule has 0 unspecified atom stereocenters. The molecule has 1 aliphatic rings. The number of esters is 1. The maximum absolute atomic E-state index is 10.8. The van der Waals surface area contributed by atoms with Crippen LogP contribution in [0.2, 0.25) is 0 Å². The van der Waals surface area contributed by atoms with Crippen LogP contribution in [-0.4, -0.2) is 38.6 Å². The number of hydrogen-bond acceptors (Lipinski definition) is 5. The molecule has 1 rings (SSSR count). The zero-order valence-electron chi connectivity index (χ0n) is 6.99. The molecule has 1 aliphatic heterocycles. The Morgan fingerprint density at radius 2 is 2.25 bits per heavy atom. The highest BCUT2D eigenvalue weighted by Gasteiger charge is 2.23. The van der Waals surface area contributed by atoms with Crippen LogP contribution in [0, 0.1) is 0 Å². The summed E-state index contributed by atoms with van der Waals surface area (Å²) in [6.07, 6.45) is 0.00579. The number of hydrogen-bond donors (Lipinski definition) is 1. The Bertz CT molecular complexity index is 155. The fourth-order valence-electron chi connectivity index (χ4n) is 0.998. The third-order valence-electron chi connectivity index (χ3n) is 1.64. The van der Waals surface area contributed by atoms with Gasteiger partial charge in [0, 0.05) is 6.42 Å². The maximum Gasteiger partial charge on any atom is 0.322 e. The molecule has 0 bridgehead atoms. The second-order valence-corrected chi connectivity index (χ2v) is 2.54. The van der Waals surface area contributed by atoms with Gasteiger partial charge in [-0.25, -0.2) is 0 Å². The summed E-state index contributed by atoms with van der Waals surface area (Å²) in [5.74, 6) is -0.436. The van der Waals surface area contributed by atoms with Gasteiger partial charge in [-0.05, 0) is 0 Å². The van der Waals surface area contributed by atoms with E-state index in [9.17, 15) is 4.79 Å². The minimum atomic E-state index is -0.655. The first-order valence-corrected chi connectivity index (χ1v) is 3.80. The molecule has 12 heavy (non-hydrogen) atoms. The summed E-state index contributed by atoms with van der Waals surface area (Å²) < 4.78 is 14.7. The van der Waals surface area contributed by atoms with Crippen molar-refractivity contribution in [3.05, 3.63) is 0 Å². The van der Waals surface area contributed by atoms with Crippen LogP contribution in [0.4, 0.5) is 0 Å². The van der Waals surface area contributed by atoms with Crippen LogP contribution in [0.1, 0.15) is 6.42 Å². The Kier molecular flexibility index (Phi) is 3.46. The Hall–Kier alpha value is -0.650. The predicted molar refractivity (Wildman–Crippen MR) is 40.3 cm³/mol. The molecule has 5 nitrogen and oxygen atoms in total. The van der Waals surface area contributed by atoms with Crippen molar-refractivity contribution in [2.75, 3.05) is 20.3 Å². The highest BCUT2D eigenvalue weighted by Crippen LogP contribution is 2.09. The molecular weight excluding hydrogens is 162 g/mol. The average Bonchev–Trinajstić information content (AvgIpc) is 2.55. The molecule has 1 fully saturated rings. The van der Waals surface area contributed by atoms with Crippen molar-refractivity contribution in [3.63, 3.8) is 0 Å². The number of rotatable bonds is 3. The number of ether oxygens (including phenoxy) is 3. The Morgan fingerprint density at radius 1 is 1.67 bits per heavy atom. The summed E-state index contributed by atoms with van der Waals surface area (Å²) in [7, 11) is 1.30. The average molecular weight is 175 g/mol. The Labute approximate surface area is 70.8 Å². The largest absolute Gasteiger partial charge is 0.468 e. The zero-order valence-corrected chi connectivity index (χ0v) is 6.99. The molecule has 0 spiro atoms. The highest BCUT2D eigenvalue weighted by molar-refractivity contribution is 5.75. The SMILES string of the molecule is COC(=O)[C@H](N)CC1OCCO1. The summed E-state index contributed by atoms with van der Waals surface area (Å²) >= 11 is 0. The number of nitrogens with two attached hydrogens (primary N) is 1. The molecule has 1 heterocycles. The van der Waals surface area contributed by atoms with E-state index in [0.717, 1.165) is 0 Å². The van der Waals surface area contributed by atoms with Gasteiger partial charge in [-0.1, -0.05) is 0 Å². The van der Waals surface area contributed by atoms with Crippen LogP contribution in [0.3, 0.4) is 0 Å². The van der Waals surface area contributed by atoms with Gasteiger partial charge in [-0.3, -0.25) is 4.79 Å². The van der Waals surface area contributed by atoms with Crippen molar-refractivity contribution in [3.8, 4) is 0 Å². The first kappa shape index (κ1) is 9.44.